The molecule has 0 bridgehead atoms. The molecule has 1 aliphatic rings. The van der Waals surface area contributed by atoms with Crippen LogP contribution in [0.4, 0.5) is 0 Å². The van der Waals surface area contributed by atoms with Gasteiger partial charge >= 0.3 is 0 Å². The van der Waals surface area contributed by atoms with Crippen LogP contribution in [0, 0.1) is 0 Å². The lowest BCUT2D eigenvalue weighted by atomic mass is 10.1. The fraction of sp³-hybridized carbons (Fsp3) is 0.333. The van der Waals surface area contributed by atoms with Crippen molar-refractivity contribution in [2.24, 2.45) is 0 Å². The molecule has 1 aliphatic carbocycles. The molecule has 1 aromatic carbocycles. The minimum Gasteiger partial charge on any atom is -0.0886 e. The predicted molar refractivity (Wildman–Crippen MR) is 61.4 cm³/mol. The zero-order chi connectivity index (χ0) is 8.93. The summed E-state index contributed by atoms with van der Waals surface area (Å²) in [4.78, 5) is 0. The zero-order valence-corrected chi connectivity index (χ0v) is 9.36. The van der Waals surface area contributed by atoms with Gasteiger partial charge in [-0.3, -0.25) is 0 Å². The lowest BCUT2D eigenvalue weighted by Crippen LogP contribution is -2.19. The highest BCUT2D eigenvalue weighted by Crippen LogP contribution is 2.22. The van der Waals surface area contributed by atoms with E-state index in [9.17, 15) is 0 Å². The Morgan fingerprint density at radius 3 is 2.62 bits per heavy atom. The van der Waals surface area contributed by atoms with E-state index in [0.717, 1.165) is 5.54 Å². The lowest BCUT2D eigenvalue weighted by Gasteiger charge is -2.16. The van der Waals surface area contributed by atoms with Crippen molar-refractivity contribution < 1.29 is 0 Å². The van der Waals surface area contributed by atoms with Crippen molar-refractivity contribution in [3.63, 3.8) is 0 Å². The van der Waals surface area contributed by atoms with Gasteiger partial charge in [0.1, 0.15) is 0 Å². The maximum Gasteiger partial charge on any atom is 0.0581 e. The Hall–Kier alpha value is -0.823. The molecule has 0 fully saturated rings. The van der Waals surface area contributed by atoms with Gasteiger partial charge in [0.05, 0.1) is 9.52 Å². The Balaban J connectivity index is 1.94. The van der Waals surface area contributed by atoms with Crippen molar-refractivity contribution in [2.75, 3.05) is 0 Å². The first kappa shape index (κ1) is 8.76. The Bertz CT molecular complexity index is 276. The van der Waals surface area contributed by atoms with Crippen LogP contribution in [0.15, 0.2) is 42.5 Å². The fourth-order valence-electron chi connectivity index (χ4n) is 1.99. The molecular weight excluding hydrogens is 172 g/mol. The van der Waals surface area contributed by atoms with E-state index in [1.165, 1.54) is 19.3 Å². The van der Waals surface area contributed by atoms with E-state index in [2.05, 4.69) is 42.5 Å². The van der Waals surface area contributed by atoms with Crippen molar-refractivity contribution in [1.29, 1.82) is 0 Å². The minimum absolute atomic E-state index is 0.00844. The summed E-state index contributed by atoms with van der Waals surface area (Å²) in [6, 6.07) is 11.0. The van der Waals surface area contributed by atoms with Crippen LogP contribution in [-0.2, 0) is 0 Å². The molecule has 0 radical (unpaired) electrons. The van der Waals surface area contributed by atoms with Gasteiger partial charge in [-0.2, -0.15) is 0 Å². The number of allylic oxidation sites excluding steroid dienone is 2. The molecule has 0 amide bonds. The topological polar surface area (TPSA) is 0 Å². The van der Waals surface area contributed by atoms with Crippen LogP contribution < -0.4 is 5.19 Å². The van der Waals surface area contributed by atoms with Gasteiger partial charge in [0, 0.05) is 0 Å². The van der Waals surface area contributed by atoms with Gasteiger partial charge in [-0.05, 0) is 24.8 Å². The molecule has 13 heavy (non-hydrogen) atoms. The molecule has 2 rings (SSSR count). The van der Waals surface area contributed by atoms with E-state index in [1.807, 2.05) is 0 Å². The van der Waals surface area contributed by atoms with E-state index in [4.69, 9.17) is 0 Å². The largest absolute Gasteiger partial charge is 0.0886 e. The van der Waals surface area contributed by atoms with Crippen LogP contribution in [0.2, 0.25) is 5.54 Å². The summed E-state index contributed by atoms with van der Waals surface area (Å²) in [7, 11) is -0.00844. The molecule has 0 saturated carbocycles. The van der Waals surface area contributed by atoms with E-state index in [0.29, 0.717) is 0 Å². The smallest absolute Gasteiger partial charge is 0.0581 e. The summed E-state index contributed by atoms with van der Waals surface area (Å²) in [5, 5.41) is 1.63. The molecule has 1 atom stereocenters. The molecule has 0 aliphatic heterocycles. The van der Waals surface area contributed by atoms with Gasteiger partial charge in [-0.25, -0.2) is 0 Å². The third-order valence-electron chi connectivity index (χ3n) is 2.74. The van der Waals surface area contributed by atoms with Crippen molar-refractivity contribution >= 4 is 14.7 Å². The number of rotatable bonds is 2. The van der Waals surface area contributed by atoms with Crippen LogP contribution in [0.1, 0.15) is 19.3 Å². The minimum atomic E-state index is -0.00844. The predicted octanol–water partition coefficient (Wildman–Crippen LogP) is 2.01. The maximum atomic E-state index is 2.37. The van der Waals surface area contributed by atoms with Crippen LogP contribution in [0.5, 0.6) is 0 Å². The number of benzene rings is 1. The first-order chi connectivity index (χ1) is 6.45. The van der Waals surface area contributed by atoms with Crippen molar-refractivity contribution in [3.8, 4) is 0 Å². The summed E-state index contributed by atoms with van der Waals surface area (Å²) in [5.74, 6) is 0. The summed E-state index contributed by atoms with van der Waals surface area (Å²) in [6.45, 7) is 0. The second-order valence-electron chi connectivity index (χ2n) is 3.84. The molecule has 0 nitrogen and oxygen atoms in total. The van der Waals surface area contributed by atoms with Crippen LogP contribution >= 0.6 is 0 Å². The molecule has 1 unspecified atom stereocenters. The quantitative estimate of drug-likeness (QED) is 0.492. The summed E-state index contributed by atoms with van der Waals surface area (Å²) >= 11 is 0. The normalized spacial score (nSPS) is 22.6. The van der Waals surface area contributed by atoms with Gasteiger partial charge < -0.3 is 0 Å². The summed E-state index contributed by atoms with van der Waals surface area (Å²) in [6.07, 6.45) is 8.77. The molecule has 0 heterocycles. The highest BCUT2D eigenvalue weighted by atomic mass is 28.2. The van der Waals surface area contributed by atoms with Gasteiger partial charge in [0.25, 0.3) is 0 Å². The third-order valence-corrected chi connectivity index (χ3v) is 5.01. The van der Waals surface area contributed by atoms with E-state index in [1.54, 1.807) is 5.19 Å². The second-order valence-corrected chi connectivity index (χ2v) is 6.22. The summed E-state index contributed by atoms with van der Waals surface area (Å²) in [5.41, 5.74) is 1.02. The first-order valence-electron chi connectivity index (χ1n) is 5.14. The molecule has 0 spiro atoms. The Morgan fingerprint density at radius 1 is 1.08 bits per heavy atom. The highest BCUT2D eigenvalue weighted by molar-refractivity contribution is 6.55. The van der Waals surface area contributed by atoms with Crippen LogP contribution in [0.3, 0.4) is 0 Å². The van der Waals surface area contributed by atoms with Gasteiger partial charge in [-0.1, -0.05) is 47.7 Å². The molecule has 1 heteroatoms. The average molecular weight is 188 g/mol. The summed E-state index contributed by atoms with van der Waals surface area (Å²) < 4.78 is 0. The molecule has 1 aromatic rings. The van der Waals surface area contributed by atoms with E-state index >= 15 is 0 Å². The highest BCUT2D eigenvalue weighted by Gasteiger charge is 2.10. The average Bonchev–Trinajstić information content (AvgIpc) is 2.21. The lowest BCUT2D eigenvalue weighted by molar-refractivity contribution is 0.723. The van der Waals surface area contributed by atoms with E-state index in [-0.39, 0.29) is 9.52 Å². The van der Waals surface area contributed by atoms with E-state index < -0.39 is 0 Å². The first-order valence-corrected chi connectivity index (χ1v) is 6.66. The van der Waals surface area contributed by atoms with Gasteiger partial charge in [-0.15, -0.1) is 0 Å². The Kier molecular flexibility index (Phi) is 2.98. The monoisotopic (exact) mass is 188 g/mol. The standard InChI is InChI=1S/C12H16Si/c1-3-7-11(8-4-1)13-12-9-5-2-6-10-12/h1-5,7-8,12H,6,9-10,13H2. The number of hydrogen-bond donors (Lipinski definition) is 0. The van der Waals surface area contributed by atoms with Gasteiger partial charge in [0.2, 0.25) is 0 Å². The van der Waals surface area contributed by atoms with Crippen molar-refractivity contribution in [1.82, 2.24) is 0 Å². The van der Waals surface area contributed by atoms with Crippen molar-refractivity contribution in [2.45, 2.75) is 24.8 Å². The third kappa shape index (κ3) is 2.56. The molecule has 0 N–H and O–H groups in total. The Labute approximate surface area is 82.5 Å². The molecule has 68 valence electrons. The second kappa shape index (κ2) is 4.42. The number of hydrogen-bond acceptors (Lipinski definition) is 0. The fourth-order valence-corrected chi connectivity index (χ4v) is 4.00. The maximum absolute atomic E-state index is 2.37. The van der Waals surface area contributed by atoms with Gasteiger partial charge in [0.15, 0.2) is 0 Å². The van der Waals surface area contributed by atoms with Crippen molar-refractivity contribution in [3.05, 3.63) is 42.5 Å². The molecule has 0 aromatic heterocycles. The molecule has 0 saturated heterocycles. The Morgan fingerprint density at radius 2 is 1.92 bits per heavy atom. The van der Waals surface area contributed by atoms with Crippen LogP contribution in [-0.4, -0.2) is 9.52 Å². The van der Waals surface area contributed by atoms with Crippen LogP contribution in [0.25, 0.3) is 0 Å². The zero-order valence-electron chi connectivity index (χ0n) is 7.95. The molecular formula is C12H16Si. The SMILES string of the molecule is C1=CCC([SiH2]c2ccccc2)CC1.